The molecule has 2 aromatic carbocycles. The monoisotopic (exact) mass is 381 g/mol. The van der Waals surface area contributed by atoms with Gasteiger partial charge in [0.15, 0.2) is 9.84 Å². The van der Waals surface area contributed by atoms with Crippen molar-refractivity contribution in [3.63, 3.8) is 0 Å². The number of hydrogen-bond donors (Lipinski definition) is 1. The van der Waals surface area contributed by atoms with E-state index in [2.05, 4.69) is 10.4 Å². The van der Waals surface area contributed by atoms with Crippen LogP contribution >= 0.6 is 0 Å². The number of sulfone groups is 1. The maximum absolute atomic E-state index is 12.8. The van der Waals surface area contributed by atoms with Gasteiger partial charge >= 0.3 is 0 Å². The van der Waals surface area contributed by atoms with Crippen LogP contribution in [0.2, 0.25) is 0 Å². The van der Waals surface area contributed by atoms with E-state index >= 15 is 0 Å². The molecule has 0 bridgehead atoms. The van der Waals surface area contributed by atoms with Gasteiger partial charge in [0.1, 0.15) is 5.82 Å². The number of rotatable bonds is 4. The van der Waals surface area contributed by atoms with E-state index < -0.39 is 9.84 Å². The first-order valence-corrected chi connectivity index (χ1v) is 10.6. The lowest BCUT2D eigenvalue weighted by molar-refractivity contribution is 0.102. The minimum absolute atomic E-state index is 0.189. The summed E-state index contributed by atoms with van der Waals surface area (Å²) in [5.41, 5.74) is 3.37. The summed E-state index contributed by atoms with van der Waals surface area (Å²) >= 11 is 0. The van der Waals surface area contributed by atoms with Gasteiger partial charge in [-0.2, -0.15) is 5.10 Å². The van der Waals surface area contributed by atoms with Crippen LogP contribution in [0, 0.1) is 0 Å². The highest BCUT2D eigenvalue weighted by atomic mass is 32.2. The molecule has 27 heavy (non-hydrogen) atoms. The van der Waals surface area contributed by atoms with Gasteiger partial charge in [-0.15, -0.1) is 0 Å². The molecule has 7 heteroatoms. The van der Waals surface area contributed by atoms with Gasteiger partial charge in [-0.05, 0) is 55.7 Å². The molecule has 138 valence electrons. The maximum atomic E-state index is 12.8. The number of amides is 1. The van der Waals surface area contributed by atoms with E-state index in [4.69, 9.17) is 0 Å². The van der Waals surface area contributed by atoms with Crippen molar-refractivity contribution in [3.05, 3.63) is 71.4 Å². The van der Waals surface area contributed by atoms with Gasteiger partial charge in [0.2, 0.25) is 0 Å². The molecule has 0 saturated heterocycles. The van der Waals surface area contributed by atoms with Crippen molar-refractivity contribution in [2.75, 3.05) is 11.6 Å². The molecule has 3 aromatic rings. The number of carbonyl (C=O) groups excluding carboxylic acids is 1. The van der Waals surface area contributed by atoms with Crippen molar-refractivity contribution in [1.82, 2.24) is 9.78 Å². The van der Waals surface area contributed by atoms with Crippen LogP contribution in [0.25, 0.3) is 5.69 Å². The van der Waals surface area contributed by atoms with Crippen LogP contribution in [0.15, 0.2) is 59.5 Å². The molecule has 0 atom stereocenters. The highest BCUT2D eigenvalue weighted by molar-refractivity contribution is 7.90. The van der Waals surface area contributed by atoms with Gasteiger partial charge in [0.05, 0.1) is 16.3 Å². The third kappa shape index (κ3) is 3.38. The van der Waals surface area contributed by atoms with Crippen LogP contribution in [0.3, 0.4) is 0 Å². The molecule has 0 saturated carbocycles. The normalized spacial score (nSPS) is 13.4. The Morgan fingerprint density at radius 1 is 1.04 bits per heavy atom. The molecule has 1 aromatic heterocycles. The predicted octanol–water partition coefficient (Wildman–Crippen LogP) is 3.02. The van der Waals surface area contributed by atoms with Crippen LogP contribution < -0.4 is 5.32 Å². The van der Waals surface area contributed by atoms with Crippen LogP contribution in [-0.2, 0) is 22.7 Å². The molecule has 4 rings (SSSR count). The molecule has 6 nitrogen and oxygen atoms in total. The van der Waals surface area contributed by atoms with Crippen LogP contribution in [0.5, 0.6) is 0 Å². The Morgan fingerprint density at radius 3 is 2.41 bits per heavy atom. The van der Waals surface area contributed by atoms with Gasteiger partial charge in [0, 0.05) is 17.4 Å². The Kier molecular flexibility index (Phi) is 4.31. The first-order chi connectivity index (χ1) is 12.9. The Balaban J connectivity index is 1.67. The molecule has 1 heterocycles. The number of carbonyl (C=O) groups is 1. The molecule has 0 radical (unpaired) electrons. The van der Waals surface area contributed by atoms with E-state index in [1.54, 1.807) is 4.68 Å². The number of nitrogens with zero attached hydrogens (tertiary/aromatic N) is 2. The summed E-state index contributed by atoms with van der Waals surface area (Å²) in [5.74, 6) is 0.396. The van der Waals surface area contributed by atoms with Gasteiger partial charge < -0.3 is 5.32 Å². The minimum atomic E-state index is -3.29. The lowest BCUT2D eigenvalue weighted by Crippen LogP contribution is -2.16. The number of nitrogens with one attached hydrogen (secondary N) is 1. The second-order valence-electron chi connectivity index (χ2n) is 6.63. The fourth-order valence-corrected chi connectivity index (χ4v) is 3.94. The first-order valence-electron chi connectivity index (χ1n) is 8.71. The van der Waals surface area contributed by atoms with Gasteiger partial charge in [0.25, 0.3) is 5.91 Å². The summed E-state index contributed by atoms with van der Waals surface area (Å²) in [5, 5.41) is 7.65. The fourth-order valence-electron chi connectivity index (χ4n) is 3.31. The zero-order valence-electron chi connectivity index (χ0n) is 14.8. The molecule has 0 unspecified atom stereocenters. The summed E-state index contributed by atoms with van der Waals surface area (Å²) in [6, 6.07) is 15.6. The number of aryl methyl sites for hydroxylation is 1. The van der Waals surface area contributed by atoms with Crippen LogP contribution in [0.1, 0.15) is 28.0 Å². The van der Waals surface area contributed by atoms with Crippen molar-refractivity contribution < 1.29 is 13.2 Å². The second kappa shape index (κ2) is 6.66. The molecule has 0 fully saturated rings. The van der Waals surface area contributed by atoms with Crippen molar-refractivity contribution in [2.24, 2.45) is 0 Å². The Morgan fingerprint density at radius 2 is 1.74 bits per heavy atom. The summed E-state index contributed by atoms with van der Waals surface area (Å²) in [4.78, 5) is 12.9. The first kappa shape index (κ1) is 17.5. The number of para-hydroxylation sites is 1. The topological polar surface area (TPSA) is 81.1 Å². The number of aromatic nitrogens is 2. The SMILES string of the molecule is CS(=O)(=O)c1ccc(C(=O)Nc2c3c(nn2-c2ccccc2)CCC3)cc1. The smallest absolute Gasteiger partial charge is 0.256 e. The molecule has 1 amide bonds. The molecular formula is C20H19N3O3S. The molecule has 1 aliphatic carbocycles. The third-order valence-corrected chi connectivity index (χ3v) is 5.81. The van der Waals surface area contributed by atoms with Crippen LogP contribution in [0.4, 0.5) is 5.82 Å². The van der Waals surface area contributed by atoms with E-state index in [0.717, 1.165) is 42.5 Å². The summed E-state index contributed by atoms with van der Waals surface area (Å²) < 4.78 is 24.9. The van der Waals surface area contributed by atoms with E-state index in [0.29, 0.717) is 11.4 Å². The largest absolute Gasteiger partial charge is 0.306 e. The number of anilines is 1. The predicted molar refractivity (Wildman–Crippen MR) is 103 cm³/mol. The third-order valence-electron chi connectivity index (χ3n) is 4.68. The molecule has 1 aliphatic rings. The van der Waals surface area contributed by atoms with E-state index in [-0.39, 0.29) is 10.8 Å². The van der Waals surface area contributed by atoms with Gasteiger partial charge in [-0.3, -0.25) is 4.79 Å². The van der Waals surface area contributed by atoms with Crippen molar-refractivity contribution in [1.29, 1.82) is 0 Å². The lowest BCUT2D eigenvalue weighted by atomic mass is 10.2. The Labute approximate surface area is 157 Å². The molecule has 0 aliphatic heterocycles. The maximum Gasteiger partial charge on any atom is 0.256 e. The standard InChI is InChI=1S/C20H19N3O3S/c1-27(25,26)16-12-10-14(11-13-16)20(24)21-19-17-8-5-9-18(17)22-23(19)15-6-3-2-4-7-15/h2-4,6-7,10-13H,5,8-9H2,1H3,(H,21,24). The average molecular weight is 381 g/mol. The van der Waals surface area contributed by atoms with Crippen LogP contribution in [-0.4, -0.2) is 30.4 Å². The summed E-state index contributed by atoms with van der Waals surface area (Å²) in [6.07, 6.45) is 3.95. The molecule has 0 spiro atoms. The fraction of sp³-hybridized carbons (Fsp3) is 0.200. The zero-order valence-corrected chi connectivity index (χ0v) is 15.7. The van der Waals surface area contributed by atoms with Crippen molar-refractivity contribution in [2.45, 2.75) is 24.2 Å². The zero-order chi connectivity index (χ0) is 19.0. The quantitative estimate of drug-likeness (QED) is 0.753. The van der Waals surface area contributed by atoms with Crippen molar-refractivity contribution >= 4 is 21.6 Å². The summed E-state index contributed by atoms with van der Waals surface area (Å²) in [6.45, 7) is 0. The number of hydrogen-bond acceptors (Lipinski definition) is 4. The summed E-state index contributed by atoms with van der Waals surface area (Å²) in [7, 11) is -3.29. The highest BCUT2D eigenvalue weighted by Gasteiger charge is 2.24. The minimum Gasteiger partial charge on any atom is -0.306 e. The molecule has 1 N–H and O–H groups in total. The van der Waals surface area contributed by atoms with E-state index in [1.165, 1.54) is 24.3 Å². The van der Waals surface area contributed by atoms with Crippen molar-refractivity contribution in [3.8, 4) is 5.69 Å². The van der Waals surface area contributed by atoms with Gasteiger partial charge in [-0.1, -0.05) is 18.2 Å². The molecular weight excluding hydrogens is 362 g/mol. The Hall–Kier alpha value is -2.93. The number of fused-ring (bicyclic) bond motifs is 1. The lowest BCUT2D eigenvalue weighted by Gasteiger charge is -2.11. The van der Waals surface area contributed by atoms with E-state index in [1.807, 2.05) is 30.3 Å². The number of benzene rings is 2. The second-order valence-corrected chi connectivity index (χ2v) is 8.64. The van der Waals surface area contributed by atoms with Gasteiger partial charge in [-0.25, -0.2) is 13.1 Å². The highest BCUT2D eigenvalue weighted by Crippen LogP contribution is 2.31. The van der Waals surface area contributed by atoms with E-state index in [9.17, 15) is 13.2 Å². The average Bonchev–Trinajstić information content (AvgIpc) is 3.24. The Bertz CT molecular complexity index is 1100.